The van der Waals surface area contributed by atoms with Crippen molar-refractivity contribution in [1.29, 1.82) is 0 Å². The summed E-state index contributed by atoms with van der Waals surface area (Å²) in [6.07, 6.45) is 9.95. The molecule has 0 saturated heterocycles. The molecule has 2 N–H and O–H groups in total. The molecule has 168 valence electrons. The highest BCUT2D eigenvalue weighted by atomic mass is 16.5. The monoisotopic (exact) mass is 405 g/mol. The first-order valence-corrected chi connectivity index (χ1v) is 11.9. The Kier molecular flexibility index (Phi) is 12.9. The van der Waals surface area contributed by atoms with Crippen LogP contribution in [-0.2, 0) is 0 Å². The van der Waals surface area contributed by atoms with Crippen molar-refractivity contribution < 1.29 is 9.47 Å². The van der Waals surface area contributed by atoms with Crippen LogP contribution in [0.4, 0.5) is 5.69 Å². The lowest BCUT2D eigenvalue weighted by molar-refractivity contribution is 0.237. The van der Waals surface area contributed by atoms with Crippen LogP contribution < -0.4 is 15.2 Å². The summed E-state index contributed by atoms with van der Waals surface area (Å²) in [6, 6.07) is 5.73. The lowest BCUT2D eigenvalue weighted by Gasteiger charge is -2.17. The first-order chi connectivity index (χ1) is 13.8. The maximum absolute atomic E-state index is 6.06. The summed E-state index contributed by atoms with van der Waals surface area (Å²) < 4.78 is 12.1. The molecule has 0 amide bonds. The van der Waals surface area contributed by atoms with Crippen LogP contribution in [0.25, 0.3) is 0 Å². The predicted molar refractivity (Wildman–Crippen MR) is 127 cm³/mol. The predicted octanol–water partition coefficient (Wildman–Crippen LogP) is 7.73. The zero-order chi connectivity index (χ0) is 21.6. The summed E-state index contributed by atoms with van der Waals surface area (Å²) in [5.74, 6) is 4.58. The van der Waals surface area contributed by atoms with Gasteiger partial charge >= 0.3 is 0 Å². The van der Waals surface area contributed by atoms with Crippen molar-refractivity contribution in [2.24, 2.45) is 23.7 Å². The Morgan fingerprint density at radius 2 is 1.14 bits per heavy atom. The molecule has 0 spiro atoms. The van der Waals surface area contributed by atoms with Crippen molar-refractivity contribution in [3.8, 4) is 11.5 Å². The molecule has 29 heavy (non-hydrogen) atoms. The Hall–Kier alpha value is -1.38. The van der Waals surface area contributed by atoms with E-state index < -0.39 is 0 Å². The average molecular weight is 406 g/mol. The molecule has 0 aliphatic rings. The molecule has 0 saturated carbocycles. The molecule has 0 bridgehead atoms. The third-order valence-corrected chi connectivity index (χ3v) is 5.66. The van der Waals surface area contributed by atoms with E-state index >= 15 is 0 Å². The van der Waals surface area contributed by atoms with Crippen LogP contribution in [0.1, 0.15) is 92.9 Å². The molecule has 0 aromatic heterocycles. The molecule has 0 fully saturated rings. The molecular weight excluding hydrogens is 358 g/mol. The van der Waals surface area contributed by atoms with Crippen molar-refractivity contribution in [3.05, 3.63) is 18.2 Å². The van der Waals surface area contributed by atoms with Crippen LogP contribution in [0.3, 0.4) is 0 Å². The maximum Gasteiger partial charge on any atom is 0.163 e. The highest BCUT2D eigenvalue weighted by Gasteiger charge is 2.10. The summed E-state index contributed by atoms with van der Waals surface area (Å²) in [5.41, 5.74) is 6.70. The van der Waals surface area contributed by atoms with E-state index in [9.17, 15) is 0 Å². The van der Waals surface area contributed by atoms with Gasteiger partial charge in [0.25, 0.3) is 0 Å². The topological polar surface area (TPSA) is 44.5 Å². The molecule has 0 radical (unpaired) electrons. The molecule has 3 heteroatoms. The molecule has 2 unspecified atom stereocenters. The fourth-order valence-corrected chi connectivity index (χ4v) is 3.53. The largest absolute Gasteiger partial charge is 0.490 e. The Labute approximate surface area is 180 Å². The zero-order valence-corrected chi connectivity index (χ0v) is 20.0. The van der Waals surface area contributed by atoms with Gasteiger partial charge in [0, 0.05) is 11.8 Å². The van der Waals surface area contributed by atoms with E-state index in [1.165, 1.54) is 38.5 Å². The number of nitrogen functional groups attached to an aromatic ring is 1. The van der Waals surface area contributed by atoms with Crippen molar-refractivity contribution in [2.45, 2.75) is 92.9 Å². The molecular formula is C26H47NO2. The van der Waals surface area contributed by atoms with Crippen molar-refractivity contribution in [1.82, 2.24) is 0 Å². The lowest BCUT2D eigenvalue weighted by atomic mass is 9.97. The van der Waals surface area contributed by atoms with Crippen LogP contribution in [0.5, 0.6) is 11.5 Å². The Morgan fingerprint density at radius 3 is 1.62 bits per heavy atom. The van der Waals surface area contributed by atoms with Gasteiger partial charge in [0.05, 0.1) is 13.2 Å². The zero-order valence-electron chi connectivity index (χ0n) is 20.0. The van der Waals surface area contributed by atoms with Gasteiger partial charge in [-0.15, -0.1) is 0 Å². The quantitative estimate of drug-likeness (QED) is 0.286. The second-order valence-electron chi connectivity index (χ2n) is 9.84. The van der Waals surface area contributed by atoms with E-state index in [4.69, 9.17) is 15.2 Å². The SMILES string of the molecule is CC(C)CCCC(C)CCOc1ccc(N)cc1OCCC(C)CCCC(C)C. The highest BCUT2D eigenvalue weighted by Crippen LogP contribution is 2.30. The summed E-state index contributed by atoms with van der Waals surface area (Å²) >= 11 is 0. The fourth-order valence-electron chi connectivity index (χ4n) is 3.53. The normalized spacial score (nSPS) is 13.7. The summed E-state index contributed by atoms with van der Waals surface area (Å²) in [5, 5.41) is 0. The van der Waals surface area contributed by atoms with E-state index in [0.29, 0.717) is 18.4 Å². The van der Waals surface area contributed by atoms with Crippen molar-refractivity contribution in [2.75, 3.05) is 18.9 Å². The first kappa shape index (κ1) is 25.7. The minimum Gasteiger partial charge on any atom is -0.490 e. The molecule has 3 nitrogen and oxygen atoms in total. The van der Waals surface area contributed by atoms with E-state index in [0.717, 1.165) is 48.5 Å². The number of ether oxygens (including phenoxy) is 2. The molecule has 1 rings (SSSR count). The van der Waals surface area contributed by atoms with Crippen LogP contribution in [0, 0.1) is 23.7 Å². The smallest absolute Gasteiger partial charge is 0.163 e. The minimum absolute atomic E-state index is 0.686. The molecule has 1 aromatic rings. The maximum atomic E-state index is 6.06. The number of benzene rings is 1. The van der Waals surface area contributed by atoms with Gasteiger partial charge in [-0.2, -0.15) is 0 Å². The minimum atomic E-state index is 0.686. The van der Waals surface area contributed by atoms with Gasteiger partial charge in [0.15, 0.2) is 11.5 Å². The van der Waals surface area contributed by atoms with Crippen LogP contribution >= 0.6 is 0 Å². The molecule has 0 aliphatic carbocycles. The summed E-state index contributed by atoms with van der Waals surface area (Å²) in [4.78, 5) is 0. The number of rotatable bonds is 16. The fraction of sp³-hybridized carbons (Fsp3) is 0.769. The third-order valence-electron chi connectivity index (χ3n) is 5.66. The summed E-state index contributed by atoms with van der Waals surface area (Å²) in [7, 11) is 0. The van der Waals surface area contributed by atoms with Crippen LogP contribution in [0.2, 0.25) is 0 Å². The molecule has 0 heterocycles. The van der Waals surface area contributed by atoms with E-state index in [1.807, 2.05) is 18.2 Å². The number of nitrogens with two attached hydrogens (primary N) is 1. The van der Waals surface area contributed by atoms with Crippen molar-refractivity contribution in [3.63, 3.8) is 0 Å². The van der Waals surface area contributed by atoms with Gasteiger partial charge in [0.2, 0.25) is 0 Å². The lowest BCUT2D eigenvalue weighted by Crippen LogP contribution is -2.08. The second-order valence-corrected chi connectivity index (χ2v) is 9.84. The van der Waals surface area contributed by atoms with Crippen LogP contribution in [-0.4, -0.2) is 13.2 Å². The van der Waals surface area contributed by atoms with E-state index in [1.54, 1.807) is 0 Å². The van der Waals surface area contributed by atoms with E-state index in [2.05, 4.69) is 41.5 Å². The van der Waals surface area contributed by atoms with E-state index in [-0.39, 0.29) is 0 Å². The third kappa shape index (κ3) is 12.7. The molecule has 2 atom stereocenters. The van der Waals surface area contributed by atoms with Crippen molar-refractivity contribution >= 4 is 5.69 Å². The van der Waals surface area contributed by atoms with Gasteiger partial charge in [-0.1, -0.05) is 80.1 Å². The first-order valence-electron chi connectivity index (χ1n) is 11.9. The average Bonchev–Trinajstić information content (AvgIpc) is 2.63. The van der Waals surface area contributed by atoms with Gasteiger partial charge < -0.3 is 15.2 Å². The van der Waals surface area contributed by atoms with Gasteiger partial charge in [0.1, 0.15) is 0 Å². The summed E-state index contributed by atoms with van der Waals surface area (Å²) in [6.45, 7) is 15.3. The Bertz CT molecular complexity index is 542. The number of hydrogen-bond donors (Lipinski definition) is 1. The number of hydrogen-bond acceptors (Lipinski definition) is 3. The number of anilines is 1. The van der Waals surface area contributed by atoms with Crippen LogP contribution in [0.15, 0.2) is 18.2 Å². The standard InChI is InChI=1S/C26H47NO2/c1-20(2)9-7-11-22(5)15-17-28-25-14-13-24(27)19-26(25)29-18-16-23(6)12-8-10-21(3)4/h13-14,19-23H,7-12,15-18,27H2,1-6H3. The highest BCUT2D eigenvalue weighted by molar-refractivity contribution is 5.51. The Balaban J connectivity index is 2.37. The molecule has 0 aliphatic heterocycles. The van der Waals surface area contributed by atoms with Gasteiger partial charge in [-0.3, -0.25) is 0 Å². The second kappa shape index (κ2) is 14.6. The Morgan fingerprint density at radius 1 is 0.655 bits per heavy atom. The molecule has 1 aromatic carbocycles. The van der Waals surface area contributed by atoms with Gasteiger partial charge in [-0.25, -0.2) is 0 Å². The van der Waals surface area contributed by atoms with Gasteiger partial charge in [-0.05, 0) is 48.6 Å².